The number of hydrogen-bond donors (Lipinski definition) is 2. The molecule has 0 aliphatic rings. The second-order valence-electron chi connectivity index (χ2n) is 10.7. The van der Waals surface area contributed by atoms with Gasteiger partial charge in [0.05, 0.1) is 12.0 Å². The van der Waals surface area contributed by atoms with E-state index in [2.05, 4.69) is 61.6 Å². The standard InChI is InChI=1S/C35H34BrN3O5S/c36-31-21-19-27(20-22-31)23-38-45(42,43)25-33(44-34(40)41)18-10-17-32-24-39(26-37-32)35(28-11-4-1-5-12-28,29-13-6-2-7-14-29)30-15-8-3-9-16-30/h1-9,11-16,19-22,24,26,33,38H,10,17-18,23,25H2,(H,40,41). The Morgan fingerprint density at radius 1 is 0.867 bits per heavy atom. The third kappa shape index (κ3) is 8.08. The molecule has 0 fully saturated rings. The highest BCUT2D eigenvalue weighted by Crippen LogP contribution is 2.40. The first-order chi connectivity index (χ1) is 21.8. The van der Waals surface area contributed by atoms with Crippen LogP contribution in [0.15, 0.2) is 132 Å². The van der Waals surface area contributed by atoms with Crippen LogP contribution in [-0.2, 0) is 33.3 Å². The van der Waals surface area contributed by atoms with Crippen LogP contribution in [0.4, 0.5) is 4.79 Å². The lowest BCUT2D eigenvalue weighted by Crippen LogP contribution is -2.36. The zero-order chi connectivity index (χ0) is 31.7. The van der Waals surface area contributed by atoms with Gasteiger partial charge in [0.2, 0.25) is 10.0 Å². The number of imidazole rings is 1. The molecule has 10 heteroatoms. The van der Waals surface area contributed by atoms with E-state index < -0.39 is 33.6 Å². The molecule has 1 heterocycles. The van der Waals surface area contributed by atoms with Crippen molar-refractivity contribution in [3.63, 3.8) is 0 Å². The maximum absolute atomic E-state index is 12.8. The monoisotopic (exact) mass is 687 g/mol. The zero-order valence-corrected chi connectivity index (χ0v) is 26.9. The number of nitrogens with one attached hydrogen (secondary N) is 1. The molecule has 0 radical (unpaired) electrons. The second kappa shape index (κ2) is 14.7. The number of aromatic nitrogens is 2. The number of hydrogen-bond acceptors (Lipinski definition) is 5. The summed E-state index contributed by atoms with van der Waals surface area (Å²) >= 11 is 3.36. The van der Waals surface area contributed by atoms with Crippen LogP contribution >= 0.6 is 15.9 Å². The van der Waals surface area contributed by atoms with Gasteiger partial charge in [-0.3, -0.25) is 0 Å². The van der Waals surface area contributed by atoms with Gasteiger partial charge in [-0.05, 0) is 53.6 Å². The van der Waals surface area contributed by atoms with Crippen LogP contribution in [0.5, 0.6) is 0 Å². The summed E-state index contributed by atoms with van der Waals surface area (Å²) in [5, 5.41) is 9.29. The molecule has 232 valence electrons. The third-order valence-electron chi connectivity index (χ3n) is 7.64. The van der Waals surface area contributed by atoms with Crippen molar-refractivity contribution in [1.82, 2.24) is 14.3 Å². The van der Waals surface area contributed by atoms with Crippen LogP contribution in [0, 0.1) is 0 Å². The second-order valence-corrected chi connectivity index (χ2v) is 13.5. The van der Waals surface area contributed by atoms with Crippen LogP contribution < -0.4 is 4.72 Å². The van der Waals surface area contributed by atoms with Gasteiger partial charge in [0, 0.05) is 17.2 Å². The van der Waals surface area contributed by atoms with E-state index in [1.807, 2.05) is 79.3 Å². The Morgan fingerprint density at radius 3 is 1.91 bits per heavy atom. The summed E-state index contributed by atoms with van der Waals surface area (Å²) in [4.78, 5) is 16.1. The van der Waals surface area contributed by atoms with Crippen molar-refractivity contribution in [2.45, 2.75) is 37.5 Å². The number of rotatable bonds is 14. The highest BCUT2D eigenvalue weighted by atomic mass is 79.9. The minimum absolute atomic E-state index is 0.0961. The highest BCUT2D eigenvalue weighted by molar-refractivity contribution is 9.10. The SMILES string of the molecule is O=C(O)OC(CCCc1cn(C(c2ccccc2)(c2ccccc2)c2ccccc2)cn1)CS(=O)(=O)NCc1ccc(Br)cc1. The van der Waals surface area contributed by atoms with Crippen LogP contribution in [-0.4, -0.2) is 41.1 Å². The topological polar surface area (TPSA) is 111 Å². The number of benzene rings is 4. The minimum Gasteiger partial charge on any atom is -0.450 e. The average molecular weight is 689 g/mol. The fraction of sp³-hybridized carbons (Fsp3) is 0.200. The molecule has 2 N–H and O–H groups in total. The molecule has 1 unspecified atom stereocenters. The maximum Gasteiger partial charge on any atom is 0.506 e. The number of sulfonamides is 1. The van der Waals surface area contributed by atoms with E-state index in [1.54, 1.807) is 12.1 Å². The zero-order valence-electron chi connectivity index (χ0n) is 24.5. The van der Waals surface area contributed by atoms with Gasteiger partial charge in [-0.15, -0.1) is 0 Å². The molecule has 4 aromatic carbocycles. The first kappa shape index (κ1) is 32.2. The first-order valence-corrected chi connectivity index (χ1v) is 17.0. The highest BCUT2D eigenvalue weighted by Gasteiger charge is 2.38. The Kier molecular flexibility index (Phi) is 10.5. The number of carboxylic acid groups (broad SMARTS) is 1. The summed E-state index contributed by atoms with van der Waals surface area (Å²) in [6, 6.07) is 38.1. The minimum atomic E-state index is -3.81. The molecule has 45 heavy (non-hydrogen) atoms. The van der Waals surface area contributed by atoms with E-state index in [1.165, 1.54) is 0 Å². The predicted octanol–water partition coefficient (Wildman–Crippen LogP) is 6.99. The van der Waals surface area contributed by atoms with Gasteiger partial charge >= 0.3 is 6.16 Å². The fourth-order valence-corrected chi connectivity index (χ4v) is 7.08. The summed E-state index contributed by atoms with van der Waals surface area (Å²) < 4.78 is 36.1. The largest absolute Gasteiger partial charge is 0.506 e. The lowest BCUT2D eigenvalue weighted by atomic mass is 9.77. The van der Waals surface area contributed by atoms with Gasteiger partial charge in [-0.25, -0.2) is 22.9 Å². The average Bonchev–Trinajstić information content (AvgIpc) is 3.51. The van der Waals surface area contributed by atoms with E-state index in [4.69, 9.17) is 9.72 Å². The maximum atomic E-state index is 12.8. The van der Waals surface area contributed by atoms with Crippen LogP contribution in [0.25, 0.3) is 0 Å². The van der Waals surface area contributed by atoms with Crippen molar-refractivity contribution in [1.29, 1.82) is 0 Å². The van der Waals surface area contributed by atoms with Gasteiger partial charge in [-0.1, -0.05) is 119 Å². The molecule has 8 nitrogen and oxygen atoms in total. The van der Waals surface area contributed by atoms with Crippen LogP contribution in [0.1, 0.15) is 40.8 Å². The van der Waals surface area contributed by atoms with Crippen molar-refractivity contribution in [3.8, 4) is 0 Å². The normalized spacial score (nSPS) is 12.5. The van der Waals surface area contributed by atoms with E-state index in [9.17, 15) is 18.3 Å². The number of ether oxygens (including phenoxy) is 1. The Labute approximate surface area is 271 Å². The van der Waals surface area contributed by atoms with Crippen molar-refractivity contribution in [3.05, 3.63) is 160 Å². The summed E-state index contributed by atoms with van der Waals surface area (Å²) in [6.07, 6.45) is 2.51. The summed E-state index contributed by atoms with van der Waals surface area (Å²) in [6.45, 7) is 0.0961. The van der Waals surface area contributed by atoms with Crippen molar-refractivity contribution < 1.29 is 23.1 Å². The molecule has 0 bridgehead atoms. The van der Waals surface area contributed by atoms with E-state index in [0.717, 1.165) is 32.4 Å². The predicted molar refractivity (Wildman–Crippen MR) is 177 cm³/mol. The van der Waals surface area contributed by atoms with Gasteiger partial charge in [0.25, 0.3) is 0 Å². The molecule has 5 aromatic rings. The molecule has 5 rings (SSSR count). The molecule has 0 saturated carbocycles. The lowest BCUT2D eigenvalue weighted by molar-refractivity contribution is 0.0562. The van der Waals surface area contributed by atoms with Gasteiger partial charge < -0.3 is 14.4 Å². The first-order valence-electron chi connectivity index (χ1n) is 14.6. The number of carbonyl (C=O) groups is 1. The Bertz CT molecular complexity index is 1690. The number of aryl methyl sites for hydroxylation is 1. The lowest BCUT2D eigenvalue weighted by Gasteiger charge is -2.37. The van der Waals surface area contributed by atoms with Crippen LogP contribution in [0.3, 0.4) is 0 Å². The van der Waals surface area contributed by atoms with Crippen molar-refractivity contribution in [2.24, 2.45) is 0 Å². The van der Waals surface area contributed by atoms with Gasteiger partial charge in [0.15, 0.2) is 0 Å². The third-order valence-corrected chi connectivity index (χ3v) is 9.56. The Hall–Kier alpha value is -4.25. The summed E-state index contributed by atoms with van der Waals surface area (Å²) in [5.74, 6) is -0.469. The molecule has 0 aliphatic heterocycles. The van der Waals surface area contributed by atoms with E-state index in [0.29, 0.717) is 12.8 Å². The van der Waals surface area contributed by atoms with Gasteiger partial charge in [0.1, 0.15) is 17.4 Å². The Balaban J connectivity index is 1.34. The fourth-order valence-electron chi connectivity index (χ4n) is 5.59. The molecule has 1 atom stereocenters. The van der Waals surface area contributed by atoms with Crippen molar-refractivity contribution in [2.75, 3.05) is 5.75 Å². The van der Waals surface area contributed by atoms with Gasteiger partial charge in [-0.2, -0.15) is 0 Å². The Morgan fingerprint density at radius 2 is 1.40 bits per heavy atom. The molecular weight excluding hydrogens is 654 g/mol. The molecule has 0 saturated heterocycles. The molecule has 0 aliphatic carbocycles. The quantitative estimate of drug-likeness (QED) is 0.0962. The van der Waals surface area contributed by atoms with Crippen molar-refractivity contribution >= 4 is 32.1 Å². The molecular formula is C35H34BrN3O5S. The van der Waals surface area contributed by atoms with E-state index >= 15 is 0 Å². The van der Waals surface area contributed by atoms with E-state index in [-0.39, 0.29) is 13.0 Å². The molecule has 0 spiro atoms. The van der Waals surface area contributed by atoms with Crippen LogP contribution in [0.2, 0.25) is 0 Å². The molecule has 1 aromatic heterocycles. The number of nitrogens with zero attached hydrogens (tertiary/aromatic N) is 2. The number of halogens is 1. The molecule has 0 amide bonds. The smallest absolute Gasteiger partial charge is 0.450 e. The summed E-state index contributed by atoms with van der Waals surface area (Å²) in [5.41, 5.74) is 4.10. The summed E-state index contributed by atoms with van der Waals surface area (Å²) in [7, 11) is -3.81.